The number of carbonyl (C=O) groups is 1. The number of carboxylic acid groups (broad SMARTS) is 1. The Kier molecular flexibility index (Phi) is 3.88. The second kappa shape index (κ2) is 6.36. The topological polar surface area (TPSA) is 125 Å². The summed E-state index contributed by atoms with van der Waals surface area (Å²) in [7, 11) is 0. The summed E-state index contributed by atoms with van der Waals surface area (Å²) in [5.74, 6) is 0.724. The van der Waals surface area contributed by atoms with E-state index in [0.717, 1.165) is 11.3 Å². The normalized spacial score (nSPS) is 13.3. The van der Waals surface area contributed by atoms with Crippen molar-refractivity contribution in [2.75, 3.05) is 11.9 Å². The smallest absolute Gasteiger partial charge is 0.407 e. The van der Waals surface area contributed by atoms with Crippen LogP contribution in [0.5, 0.6) is 5.88 Å². The molecule has 0 unspecified atom stereocenters. The van der Waals surface area contributed by atoms with E-state index in [1.165, 1.54) is 11.3 Å². The molecule has 1 aliphatic heterocycles. The Hall–Kier alpha value is -3.62. The van der Waals surface area contributed by atoms with Crippen LogP contribution >= 0.6 is 0 Å². The Labute approximate surface area is 148 Å². The molecule has 3 N–H and O–H groups in total. The van der Waals surface area contributed by atoms with Crippen molar-refractivity contribution in [3.63, 3.8) is 0 Å². The van der Waals surface area contributed by atoms with Crippen LogP contribution in [0.15, 0.2) is 41.3 Å². The van der Waals surface area contributed by atoms with Gasteiger partial charge in [-0.3, -0.25) is 0 Å². The molecule has 0 bridgehead atoms. The Morgan fingerprint density at radius 3 is 2.73 bits per heavy atom. The van der Waals surface area contributed by atoms with Gasteiger partial charge in [0.2, 0.25) is 11.8 Å². The number of anilines is 2. The third kappa shape index (κ3) is 3.02. The first-order chi connectivity index (χ1) is 12.6. The number of aromatic hydroxyl groups is 1. The summed E-state index contributed by atoms with van der Waals surface area (Å²) in [4.78, 5) is 24.6. The average molecular weight is 353 g/mol. The molecule has 4 rings (SSSR count). The second-order valence-corrected chi connectivity index (χ2v) is 5.82. The number of hydrogen-bond acceptors (Lipinski definition) is 7. The fourth-order valence-electron chi connectivity index (χ4n) is 2.82. The molecule has 2 aromatic heterocycles. The molecule has 3 aromatic rings. The first-order valence-corrected chi connectivity index (χ1v) is 7.93. The number of nitrogens with one attached hydrogen (secondary N) is 1. The second-order valence-electron chi connectivity index (χ2n) is 5.82. The first kappa shape index (κ1) is 15.9. The predicted octanol–water partition coefficient (Wildman–Crippen LogP) is 2.62. The zero-order chi connectivity index (χ0) is 18.1. The molecule has 0 saturated heterocycles. The molecule has 3 heterocycles. The Morgan fingerprint density at radius 2 is 2.04 bits per heavy atom. The van der Waals surface area contributed by atoms with Crippen molar-refractivity contribution in [2.24, 2.45) is 0 Å². The summed E-state index contributed by atoms with van der Waals surface area (Å²) in [5.41, 5.74) is 2.73. The van der Waals surface area contributed by atoms with Crippen molar-refractivity contribution >= 4 is 17.7 Å². The fraction of sp³-hybridized carbons (Fsp3) is 0.176. The van der Waals surface area contributed by atoms with Gasteiger partial charge in [-0.05, 0) is 24.3 Å². The molecule has 9 heteroatoms. The lowest BCUT2D eigenvalue weighted by Crippen LogP contribution is -2.35. The number of nitrogens with zero attached hydrogens (tertiary/aromatic N) is 4. The lowest BCUT2D eigenvalue weighted by Gasteiger charge is -2.26. The third-order valence-corrected chi connectivity index (χ3v) is 4.17. The monoisotopic (exact) mass is 353 g/mol. The van der Waals surface area contributed by atoms with Gasteiger partial charge in [0.05, 0.1) is 24.0 Å². The first-order valence-electron chi connectivity index (χ1n) is 7.93. The van der Waals surface area contributed by atoms with Crippen LogP contribution in [0.25, 0.3) is 11.3 Å². The van der Waals surface area contributed by atoms with Gasteiger partial charge in [-0.2, -0.15) is 4.98 Å². The van der Waals surface area contributed by atoms with Crippen LogP contribution in [0.3, 0.4) is 0 Å². The molecule has 9 nitrogen and oxygen atoms in total. The summed E-state index contributed by atoms with van der Waals surface area (Å²) in [6.45, 7) is 0.423. The molecule has 1 aliphatic rings. The van der Waals surface area contributed by atoms with Gasteiger partial charge in [-0.25, -0.2) is 14.8 Å². The lowest BCUT2D eigenvalue weighted by molar-refractivity contribution is 0.139. The number of oxazole rings is 1. The molecule has 0 spiro atoms. The quantitative estimate of drug-likeness (QED) is 0.656. The highest BCUT2D eigenvalue weighted by Gasteiger charge is 2.25. The van der Waals surface area contributed by atoms with E-state index < -0.39 is 6.09 Å². The number of fused-ring (bicyclic) bond motifs is 1. The van der Waals surface area contributed by atoms with E-state index in [9.17, 15) is 9.90 Å². The van der Waals surface area contributed by atoms with Crippen LogP contribution in [-0.4, -0.2) is 42.7 Å². The van der Waals surface area contributed by atoms with Crippen LogP contribution in [0, 0.1) is 0 Å². The highest BCUT2D eigenvalue weighted by atomic mass is 16.4. The van der Waals surface area contributed by atoms with Crippen molar-refractivity contribution in [2.45, 2.75) is 13.0 Å². The summed E-state index contributed by atoms with van der Waals surface area (Å²) >= 11 is 0. The van der Waals surface area contributed by atoms with E-state index >= 15 is 0 Å². The maximum atomic E-state index is 11.1. The molecule has 0 fully saturated rings. The zero-order valence-corrected chi connectivity index (χ0v) is 13.6. The van der Waals surface area contributed by atoms with Gasteiger partial charge in [-0.15, -0.1) is 0 Å². The maximum Gasteiger partial charge on any atom is 0.407 e. The molecule has 1 amide bonds. The van der Waals surface area contributed by atoms with Crippen LogP contribution < -0.4 is 5.32 Å². The summed E-state index contributed by atoms with van der Waals surface area (Å²) < 4.78 is 5.25. The molecule has 0 radical (unpaired) electrons. The van der Waals surface area contributed by atoms with Crippen molar-refractivity contribution in [1.29, 1.82) is 0 Å². The van der Waals surface area contributed by atoms with Gasteiger partial charge in [-0.1, -0.05) is 0 Å². The standard InChI is InChI=1S/C17H15N5O4/c23-15-12-8-22(17(24)25)6-5-13(12)20-16(21-15)19-11-3-1-10(2-4-11)14-7-18-9-26-14/h1-4,7,9H,5-6,8H2,(H,24,25)(H2,19,20,21,23). The SMILES string of the molecule is O=C(O)N1CCc2nc(Nc3ccc(-c4cnco4)cc3)nc(O)c2C1. The summed E-state index contributed by atoms with van der Waals surface area (Å²) in [6, 6.07) is 7.41. The van der Waals surface area contributed by atoms with Gasteiger partial charge in [0.25, 0.3) is 0 Å². The van der Waals surface area contributed by atoms with Gasteiger partial charge in [0.1, 0.15) is 0 Å². The highest BCUT2D eigenvalue weighted by molar-refractivity contribution is 5.66. The summed E-state index contributed by atoms with van der Waals surface area (Å²) in [5, 5.41) is 22.3. The van der Waals surface area contributed by atoms with Crippen LogP contribution in [0.2, 0.25) is 0 Å². The number of rotatable bonds is 3. The molecule has 0 saturated carbocycles. The molecule has 0 atom stereocenters. The fourth-order valence-corrected chi connectivity index (χ4v) is 2.82. The van der Waals surface area contributed by atoms with Gasteiger partial charge in [0.15, 0.2) is 12.2 Å². The van der Waals surface area contributed by atoms with E-state index in [-0.39, 0.29) is 18.4 Å². The minimum atomic E-state index is -1.02. The molecule has 26 heavy (non-hydrogen) atoms. The maximum absolute atomic E-state index is 11.1. The summed E-state index contributed by atoms with van der Waals surface area (Å²) in [6.07, 6.45) is 2.41. The van der Waals surface area contributed by atoms with Crippen LogP contribution in [0.1, 0.15) is 11.3 Å². The lowest BCUT2D eigenvalue weighted by atomic mass is 10.1. The molecular weight excluding hydrogens is 338 g/mol. The van der Waals surface area contributed by atoms with E-state index in [1.54, 1.807) is 6.20 Å². The van der Waals surface area contributed by atoms with Gasteiger partial charge >= 0.3 is 6.09 Å². The molecule has 132 valence electrons. The zero-order valence-electron chi connectivity index (χ0n) is 13.6. The minimum Gasteiger partial charge on any atom is -0.493 e. The molecular formula is C17H15N5O4. The largest absolute Gasteiger partial charge is 0.493 e. The molecule has 1 aromatic carbocycles. The Balaban J connectivity index is 1.54. The Bertz CT molecular complexity index is 941. The third-order valence-electron chi connectivity index (χ3n) is 4.17. The van der Waals surface area contributed by atoms with E-state index in [0.29, 0.717) is 30.0 Å². The van der Waals surface area contributed by atoms with E-state index in [2.05, 4.69) is 20.3 Å². The van der Waals surface area contributed by atoms with Crippen molar-refractivity contribution in [3.05, 3.63) is 48.1 Å². The molecule has 0 aliphatic carbocycles. The predicted molar refractivity (Wildman–Crippen MR) is 91.1 cm³/mol. The van der Waals surface area contributed by atoms with Crippen molar-refractivity contribution in [1.82, 2.24) is 19.9 Å². The Morgan fingerprint density at radius 1 is 1.23 bits per heavy atom. The van der Waals surface area contributed by atoms with Crippen molar-refractivity contribution in [3.8, 4) is 17.2 Å². The number of benzene rings is 1. The van der Waals surface area contributed by atoms with Crippen LogP contribution in [0.4, 0.5) is 16.4 Å². The van der Waals surface area contributed by atoms with Crippen molar-refractivity contribution < 1.29 is 19.4 Å². The van der Waals surface area contributed by atoms with E-state index in [4.69, 9.17) is 9.52 Å². The van der Waals surface area contributed by atoms with Gasteiger partial charge in [0, 0.05) is 24.2 Å². The minimum absolute atomic E-state index is 0.0860. The average Bonchev–Trinajstić information content (AvgIpc) is 3.17. The highest BCUT2D eigenvalue weighted by Crippen LogP contribution is 2.27. The van der Waals surface area contributed by atoms with Crippen LogP contribution in [-0.2, 0) is 13.0 Å². The number of hydrogen-bond donors (Lipinski definition) is 3. The number of aromatic nitrogens is 3. The van der Waals surface area contributed by atoms with E-state index in [1.807, 2.05) is 24.3 Å². The number of amides is 1. The van der Waals surface area contributed by atoms with Gasteiger partial charge < -0.3 is 24.8 Å².